The van der Waals surface area contributed by atoms with E-state index in [9.17, 15) is 13.2 Å². The second-order valence-electron chi connectivity index (χ2n) is 4.22. The van der Waals surface area contributed by atoms with Crippen LogP contribution in [0.25, 0.3) is 0 Å². The van der Waals surface area contributed by atoms with Crippen LogP contribution in [0.1, 0.15) is 33.6 Å². The molecule has 5 heteroatoms. The van der Waals surface area contributed by atoms with Gasteiger partial charge < -0.3 is 10.1 Å². The van der Waals surface area contributed by atoms with Gasteiger partial charge in [0.1, 0.15) is 0 Å². The van der Waals surface area contributed by atoms with E-state index in [1.165, 1.54) is 0 Å². The molecule has 2 nitrogen and oxygen atoms in total. The summed E-state index contributed by atoms with van der Waals surface area (Å²) in [4.78, 5) is 0. The maximum absolute atomic E-state index is 11.9. The summed E-state index contributed by atoms with van der Waals surface area (Å²) in [6, 6.07) is 0. The molecule has 0 bridgehead atoms. The van der Waals surface area contributed by atoms with Gasteiger partial charge in [-0.25, -0.2) is 0 Å². The van der Waals surface area contributed by atoms with Gasteiger partial charge in [-0.1, -0.05) is 20.8 Å². The summed E-state index contributed by atoms with van der Waals surface area (Å²) in [5, 5.41) is 3.16. The summed E-state index contributed by atoms with van der Waals surface area (Å²) in [6.07, 6.45) is -4.13. The quantitative estimate of drug-likeness (QED) is 0.660. The van der Waals surface area contributed by atoms with E-state index in [0.717, 1.165) is 13.0 Å². The summed E-state index contributed by atoms with van der Waals surface area (Å²) in [7, 11) is 0. The number of hydrogen-bond acceptors (Lipinski definition) is 2. The fraction of sp³-hybridized carbons (Fsp3) is 1.00. The van der Waals surface area contributed by atoms with Crippen molar-refractivity contribution in [2.24, 2.45) is 5.92 Å². The molecule has 0 rings (SSSR count). The van der Waals surface area contributed by atoms with Crippen LogP contribution in [0.4, 0.5) is 13.2 Å². The molecule has 0 aromatic carbocycles. The van der Waals surface area contributed by atoms with Gasteiger partial charge >= 0.3 is 6.18 Å². The third-order valence-corrected chi connectivity index (χ3v) is 2.23. The minimum atomic E-state index is -4.13. The molecule has 1 N–H and O–H groups in total. The van der Waals surface area contributed by atoms with Crippen molar-refractivity contribution < 1.29 is 17.9 Å². The molecule has 0 aromatic rings. The van der Waals surface area contributed by atoms with Gasteiger partial charge in [0.25, 0.3) is 0 Å². The molecular formula is C11H22F3NO. The molecule has 0 spiro atoms. The van der Waals surface area contributed by atoms with Crippen LogP contribution in [-0.4, -0.2) is 32.0 Å². The summed E-state index contributed by atoms with van der Waals surface area (Å²) in [6.45, 7) is 7.18. The highest BCUT2D eigenvalue weighted by Crippen LogP contribution is 2.20. The lowest BCUT2D eigenvalue weighted by Crippen LogP contribution is -2.34. The Balaban J connectivity index is 3.77. The molecule has 0 aliphatic carbocycles. The van der Waals surface area contributed by atoms with Gasteiger partial charge in [-0.05, 0) is 18.9 Å². The molecule has 1 atom stereocenters. The summed E-state index contributed by atoms with van der Waals surface area (Å²) >= 11 is 0. The SMILES string of the molecule is CCCNCC(OCCC(F)(F)F)C(C)C. The average molecular weight is 241 g/mol. The van der Waals surface area contributed by atoms with E-state index in [4.69, 9.17) is 4.74 Å². The van der Waals surface area contributed by atoms with Gasteiger partial charge in [-0.2, -0.15) is 13.2 Å². The van der Waals surface area contributed by atoms with Gasteiger partial charge in [0.2, 0.25) is 0 Å². The third-order valence-electron chi connectivity index (χ3n) is 2.23. The molecule has 0 radical (unpaired) electrons. The van der Waals surface area contributed by atoms with E-state index in [2.05, 4.69) is 5.32 Å². The van der Waals surface area contributed by atoms with E-state index in [-0.39, 0.29) is 18.6 Å². The van der Waals surface area contributed by atoms with Crippen LogP contribution in [0, 0.1) is 5.92 Å². The lowest BCUT2D eigenvalue weighted by molar-refractivity contribution is -0.150. The van der Waals surface area contributed by atoms with Crippen LogP contribution in [-0.2, 0) is 4.74 Å². The molecule has 0 aliphatic heterocycles. The van der Waals surface area contributed by atoms with Crippen molar-refractivity contribution in [3.05, 3.63) is 0 Å². The smallest absolute Gasteiger partial charge is 0.376 e. The monoisotopic (exact) mass is 241 g/mol. The fourth-order valence-corrected chi connectivity index (χ4v) is 1.23. The van der Waals surface area contributed by atoms with Gasteiger partial charge in [-0.3, -0.25) is 0 Å². The average Bonchev–Trinajstić information content (AvgIpc) is 2.13. The maximum atomic E-state index is 11.9. The lowest BCUT2D eigenvalue weighted by atomic mass is 10.1. The molecule has 98 valence electrons. The summed E-state index contributed by atoms with van der Waals surface area (Å²) in [5.41, 5.74) is 0. The molecule has 0 aliphatic rings. The Labute approximate surface area is 95.5 Å². The topological polar surface area (TPSA) is 21.3 Å². The molecule has 0 heterocycles. The zero-order valence-corrected chi connectivity index (χ0v) is 10.2. The van der Waals surface area contributed by atoms with Crippen LogP contribution in [0.5, 0.6) is 0 Å². The number of ether oxygens (including phenoxy) is 1. The predicted octanol–water partition coefficient (Wildman–Crippen LogP) is 2.98. The maximum Gasteiger partial charge on any atom is 0.391 e. The number of hydrogen-bond donors (Lipinski definition) is 1. The van der Waals surface area contributed by atoms with Gasteiger partial charge in [0, 0.05) is 6.54 Å². The Kier molecular flexibility index (Phi) is 7.76. The van der Waals surface area contributed by atoms with Crippen LogP contribution in [0.15, 0.2) is 0 Å². The van der Waals surface area contributed by atoms with Crippen LogP contribution in [0.3, 0.4) is 0 Å². The number of nitrogens with one attached hydrogen (secondary N) is 1. The first-order chi connectivity index (χ1) is 7.37. The van der Waals surface area contributed by atoms with Crippen molar-refractivity contribution in [2.75, 3.05) is 19.7 Å². The highest BCUT2D eigenvalue weighted by molar-refractivity contribution is 4.66. The first kappa shape index (κ1) is 15.7. The molecule has 16 heavy (non-hydrogen) atoms. The second-order valence-corrected chi connectivity index (χ2v) is 4.22. The molecular weight excluding hydrogens is 219 g/mol. The van der Waals surface area contributed by atoms with Crippen molar-refractivity contribution in [3.8, 4) is 0 Å². The highest BCUT2D eigenvalue weighted by atomic mass is 19.4. The minimum absolute atomic E-state index is 0.145. The van der Waals surface area contributed by atoms with Crippen molar-refractivity contribution in [1.29, 1.82) is 0 Å². The number of halogens is 3. The Hall–Kier alpha value is -0.290. The summed E-state index contributed by atoms with van der Waals surface area (Å²) < 4.78 is 41.0. The zero-order chi connectivity index (χ0) is 12.6. The molecule has 0 amide bonds. The van der Waals surface area contributed by atoms with E-state index in [1.54, 1.807) is 0 Å². The van der Waals surface area contributed by atoms with Crippen molar-refractivity contribution in [1.82, 2.24) is 5.32 Å². The molecule has 1 unspecified atom stereocenters. The van der Waals surface area contributed by atoms with Gasteiger partial charge in [-0.15, -0.1) is 0 Å². The molecule has 0 saturated carbocycles. The number of rotatable bonds is 8. The van der Waals surface area contributed by atoms with Crippen LogP contribution >= 0.6 is 0 Å². The lowest BCUT2D eigenvalue weighted by Gasteiger charge is -2.22. The molecule has 0 aromatic heterocycles. The fourth-order valence-electron chi connectivity index (χ4n) is 1.23. The predicted molar refractivity (Wildman–Crippen MR) is 58.4 cm³/mol. The Morgan fingerprint density at radius 3 is 2.31 bits per heavy atom. The first-order valence-corrected chi connectivity index (χ1v) is 5.76. The third kappa shape index (κ3) is 8.97. The van der Waals surface area contributed by atoms with Gasteiger partial charge in [0.05, 0.1) is 19.1 Å². The molecule has 0 fully saturated rings. The van der Waals surface area contributed by atoms with E-state index in [1.807, 2.05) is 20.8 Å². The molecule has 0 saturated heterocycles. The van der Waals surface area contributed by atoms with E-state index < -0.39 is 12.6 Å². The van der Waals surface area contributed by atoms with E-state index >= 15 is 0 Å². The second kappa shape index (κ2) is 7.90. The minimum Gasteiger partial charge on any atom is -0.376 e. The first-order valence-electron chi connectivity index (χ1n) is 5.76. The Bertz CT molecular complexity index is 171. The van der Waals surface area contributed by atoms with E-state index in [0.29, 0.717) is 6.54 Å². The van der Waals surface area contributed by atoms with Gasteiger partial charge in [0.15, 0.2) is 0 Å². The summed E-state index contributed by atoms with van der Waals surface area (Å²) in [5.74, 6) is 0.220. The van der Waals surface area contributed by atoms with Crippen LogP contribution < -0.4 is 5.32 Å². The normalized spacial score (nSPS) is 14.4. The zero-order valence-electron chi connectivity index (χ0n) is 10.2. The van der Waals surface area contributed by atoms with Crippen LogP contribution in [0.2, 0.25) is 0 Å². The van der Waals surface area contributed by atoms with Crippen molar-refractivity contribution in [2.45, 2.75) is 45.9 Å². The largest absolute Gasteiger partial charge is 0.391 e. The van der Waals surface area contributed by atoms with Crippen molar-refractivity contribution >= 4 is 0 Å². The standard InChI is InChI=1S/C11H22F3NO/c1-4-6-15-8-10(9(2)3)16-7-5-11(12,13)14/h9-10,15H,4-8H2,1-3H3. The van der Waals surface area contributed by atoms with Crippen molar-refractivity contribution in [3.63, 3.8) is 0 Å². The number of alkyl halides is 3. The highest BCUT2D eigenvalue weighted by Gasteiger charge is 2.27. The Morgan fingerprint density at radius 1 is 1.25 bits per heavy atom. The Morgan fingerprint density at radius 2 is 1.88 bits per heavy atom.